The fourth-order valence-corrected chi connectivity index (χ4v) is 2.57. The molecule has 3 heteroatoms. The number of ether oxygens (including phenoxy) is 1. The molecule has 1 aromatic rings. The van der Waals surface area contributed by atoms with Gasteiger partial charge in [-0.25, -0.2) is 4.79 Å². The summed E-state index contributed by atoms with van der Waals surface area (Å²) in [6, 6.07) is 2.01. The Morgan fingerprint density at radius 2 is 2.00 bits per heavy atom. The largest absolute Gasteiger partial charge is 0.462 e. The highest BCUT2D eigenvalue weighted by atomic mass is 16.5. The molecule has 0 amide bonds. The number of carbonyl (C=O) groups excluding carboxylic acids is 1. The molecule has 19 heavy (non-hydrogen) atoms. The molecule has 0 radical (unpaired) electrons. The number of aryl methyl sites for hydroxylation is 2. The molecule has 104 valence electrons. The second-order valence-corrected chi connectivity index (χ2v) is 6.17. The topological polar surface area (TPSA) is 39.2 Å². The van der Waals surface area contributed by atoms with Crippen molar-refractivity contribution < 1.29 is 9.53 Å². The highest BCUT2D eigenvalue weighted by Crippen LogP contribution is 2.29. The lowest BCUT2D eigenvalue weighted by Crippen LogP contribution is -2.23. The number of esters is 1. The van der Waals surface area contributed by atoms with Gasteiger partial charge in [-0.05, 0) is 44.2 Å². The van der Waals surface area contributed by atoms with Crippen LogP contribution in [0.3, 0.4) is 0 Å². The van der Waals surface area contributed by atoms with Gasteiger partial charge in [0.05, 0.1) is 17.9 Å². The summed E-state index contributed by atoms with van der Waals surface area (Å²) >= 11 is 0. The van der Waals surface area contributed by atoms with Gasteiger partial charge in [-0.3, -0.25) is 4.98 Å². The maximum atomic E-state index is 12.1. The SMILES string of the molecule is CCOC(=O)c1cc2c(nc1C(C)(C)C)CCCC2. The minimum Gasteiger partial charge on any atom is -0.462 e. The second-order valence-electron chi connectivity index (χ2n) is 6.17. The zero-order valence-corrected chi connectivity index (χ0v) is 12.4. The first kappa shape index (κ1) is 14.0. The van der Waals surface area contributed by atoms with Crippen molar-refractivity contribution in [3.05, 3.63) is 28.6 Å². The molecule has 2 rings (SSSR count). The molecule has 1 aromatic heterocycles. The molecule has 0 saturated carbocycles. The van der Waals surface area contributed by atoms with Gasteiger partial charge < -0.3 is 4.74 Å². The van der Waals surface area contributed by atoms with E-state index in [4.69, 9.17) is 9.72 Å². The Kier molecular flexibility index (Phi) is 3.93. The van der Waals surface area contributed by atoms with Crippen molar-refractivity contribution in [2.45, 2.75) is 58.8 Å². The van der Waals surface area contributed by atoms with Gasteiger partial charge >= 0.3 is 5.97 Å². The van der Waals surface area contributed by atoms with Gasteiger partial charge in [0.2, 0.25) is 0 Å². The molecule has 0 fully saturated rings. The Morgan fingerprint density at radius 1 is 1.32 bits per heavy atom. The summed E-state index contributed by atoms with van der Waals surface area (Å²) in [7, 11) is 0. The van der Waals surface area contributed by atoms with Gasteiger partial charge in [0.15, 0.2) is 0 Å². The lowest BCUT2D eigenvalue weighted by molar-refractivity contribution is 0.0522. The molecule has 1 aliphatic carbocycles. The van der Waals surface area contributed by atoms with Crippen LogP contribution in [-0.2, 0) is 23.0 Å². The molecule has 1 heterocycles. The third kappa shape index (κ3) is 2.96. The van der Waals surface area contributed by atoms with Gasteiger partial charge in [-0.15, -0.1) is 0 Å². The van der Waals surface area contributed by atoms with Gasteiger partial charge in [-0.2, -0.15) is 0 Å². The van der Waals surface area contributed by atoms with Crippen LogP contribution in [0.5, 0.6) is 0 Å². The van der Waals surface area contributed by atoms with E-state index in [-0.39, 0.29) is 11.4 Å². The zero-order chi connectivity index (χ0) is 14.0. The van der Waals surface area contributed by atoms with Gasteiger partial charge in [-0.1, -0.05) is 20.8 Å². The monoisotopic (exact) mass is 261 g/mol. The van der Waals surface area contributed by atoms with Crippen LogP contribution in [0.2, 0.25) is 0 Å². The van der Waals surface area contributed by atoms with Crippen molar-refractivity contribution in [2.75, 3.05) is 6.61 Å². The Labute approximate surface area is 115 Å². The van der Waals surface area contributed by atoms with E-state index in [9.17, 15) is 4.79 Å². The summed E-state index contributed by atoms with van der Waals surface area (Å²) in [6.45, 7) is 8.51. The van der Waals surface area contributed by atoms with Crippen molar-refractivity contribution in [2.24, 2.45) is 0 Å². The summed E-state index contributed by atoms with van der Waals surface area (Å²) < 4.78 is 5.18. The third-order valence-corrected chi connectivity index (χ3v) is 3.51. The smallest absolute Gasteiger partial charge is 0.340 e. The van der Waals surface area contributed by atoms with Gasteiger partial charge in [0.25, 0.3) is 0 Å². The minimum atomic E-state index is -0.242. The van der Waals surface area contributed by atoms with E-state index >= 15 is 0 Å². The molecular weight excluding hydrogens is 238 g/mol. The number of aromatic nitrogens is 1. The van der Waals surface area contributed by atoms with Crippen LogP contribution in [0.15, 0.2) is 6.07 Å². The summed E-state index contributed by atoms with van der Waals surface area (Å²) in [4.78, 5) is 16.9. The van der Waals surface area contributed by atoms with E-state index in [2.05, 4.69) is 20.8 Å². The van der Waals surface area contributed by atoms with E-state index in [1.807, 2.05) is 13.0 Å². The van der Waals surface area contributed by atoms with E-state index < -0.39 is 0 Å². The molecule has 0 bridgehead atoms. The van der Waals surface area contributed by atoms with Crippen molar-refractivity contribution in [3.63, 3.8) is 0 Å². The first-order chi connectivity index (χ1) is 8.93. The number of pyridine rings is 1. The average molecular weight is 261 g/mol. The average Bonchev–Trinajstić information content (AvgIpc) is 2.36. The first-order valence-corrected chi connectivity index (χ1v) is 7.14. The van der Waals surface area contributed by atoms with Crippen LogP contribution in [0.1, 0.15) is 67.8 Å². The fraction of sp³-hybridized carbons (Fsp3) is 0.625. The number of hydrogen-bond acceptors (Lipinski definition) is 3. The lowest BCUT2D eigenvalue weighted by atomic mass is 9.85. The molecule has 0 N–H and O–H groups in total. The summed E-state index contributed by atoms with van der Waals surface area (Å²) in [6.07, 6.45) is 4.44. The molecule has 1 aliphatic rings. The van der Waals surface area contributed by atoms with E-state index in [0.29, 0.717) is 12.2 Å². The summed E-state index contributed by atoms with van der Waals surface area (Å²) in [5.74, 6) is -0.242. The van der Waals surface area contributed by atoms with Crippen LogP contribution in [0, 0.1) is 0 Å². The molecule has 0 atom stereocenters. The van der Waals surface area contributed by atoms with Crippen molar-refractivity contribution in [1.29, 1.82) is 0 Å². The predicted molar refractivity (Wildman–Crippen MR) is 75.5 cm³/mol. The van der Waals surface area contributed by atoms with Crippen LogP contribution >= 0.6 is 0 Å². The molecule has 0 aliphatic heterocycles. The molecule has 0 aromatic carbocycles. The predicted octanol–water partition coefficient (Wildman–Crippen LogP) is 3.43. The maximum absolute atomic E-state index is 12.1. The standard InChI is InChI=1S/C16H23NO2/c1-5-19-15(18)12-10-11-8-6-7-9-13(11)17-14(12)16(2,3)4/h10H,5-9H2,1-4H3. The normalized spacial score (nSPS) is 14.9. The zero-order valence-electron chi connectivity index (χ0n) is 12.4. The quantitative estimate of drug-likeness (QED) is 0.766. The lowest BCUT2D eigenvalue weighted by Gasteiger charge is -2.25. The van der Waals surface area contributed by atoms with Gasteiger partial charge in [0, 0.05) is 11.1 Å². The van der Waals surface area contributed by atoms with Crippen LogP contribution in [-0.4, -0.2) is 17.6 Å². The Bertz CT molecular complexity index is 486. The number of rotatable bonds is 2. The van der Waals surface area contributed by atoms with E-state index in [1.54, 1.807) is 0 Å². The third-order valence-electron chi connectivity index (χ3n) is 3.51. The highest BCUT2D eigenvalue weighted by Gasteiger charge is 2.27. The van der Waals surface area contributed by atoms with E-state index in [1.165, 1.54) is 24.1 Å². The van der Waals surface area contributed by atoms with Crippen molar-refractivity contribution >= 4 is 5.97 Å². The Balaban J connectivity index is 2.52. The number of fused-ring (bicyclic) bond motifs is 1. The molecule has 0 spiro atoms. The van der Waals surface area contributed by atoms with Gasteiger partial charge in [0.1, 0.15) is 0 Å². The molecule has 0 saturated heterocycles. The molecule has 0 unspecified atom stereocenters. The second kappa shape index (κ2) is 5.32. The summed E-state index contributed by atoms with van der Waals surface area (Å²) in [5, 5.41) is 0. The highest BCUT2D eigenvalue weighted by molar-refractivity contribution is 5.91. The van der Waals surface area contributed by atoms with Crippen LogP contribution in [0.25, 0.3) is 0 Å². The number of hydrogen-bond donors (Lipinski definition) is 0. The Hall–Kier alpha value is -1.38. The molecule has 3 nitrogen and oxygen atoms in total. The Morgan fingerprint density at radius 3 is 2.63 bits per heavy atom. The van der Waals surface area contributed by atoms with Crippen LogP contribution < -0.4 is 0 Å². The summed E-state index contributed by atoms with van der Waals surface area (Å²) in [5.41, 5.74) is 3.77. The van der Waals surface area contributed by atoms with E-state index in [0.717, 1.165) is 18.5 Å². The molecular formula is C16H23NO2. The fourth-order valence-electron chi connectivity index (χ4n) is 2.57. The van der Waals surface area contributed by atoms with Crippen molar-refractivity contribution in [3.8, 4) is 0 Å². The van der Waals surface area contributed by atoms with Crippen LogP contribution in [0.4, 0.5) is 0 Å². The number of carbonyl (C=O) groups is 1. The first-order valence-electron chi connectivity index (χ1n) is 7.14. The van der Waals surface area contributed by atoms with Crippen molar-refractivity contribution in [1.82, 2.24) is 4.98 Å². The maximum Gasteiger partial charge on any atom is 0.340 e. The minimum absolute atomic E-state index is 0.144. The number of nitrogens with zero attached hydrogens (tertiary/aromatic N) is 1.